The lowest BCUT2D eigenvalue weighted by Crippen LogP contribution is -2.21. The quantitative estimate of drug-likeness (QED) is 0.667. The SMILES string of the molecule is Cc1ccc(S(=O)(=O)c2ccccc2CC(=O)NO)cc1. The number of aryl methyl sites for hydroxylation is 1. The Bertz CT molecular complexity index is 751. The average molecular weight is 305 g/mol. The molecule has 1 amide bonds. The standard InChI is InChI=1S/C15H15NO4S/c1-11-6-8-13(9-7-11)21(19,20)14-5-3-2-4-12(14)10-15(17)16-18/h2-9,18H,10H2,1H3,(H,16,17). The average Bonchev–Trinajstić information content (AvgIpc) is 2.48. The van der Waals surface area contributed by atoms with Gasteiger partial charge in [-0.25, -0.2) is 13.9 Å². The van der Waals surface area contributed by atoms with Crippen LogP contribution in [0.3, 0.4) is 0 Å². The van der Waals surface area contributed by atoms with Gasteiger partial charge in [0.1, 0.15) is 0 Å². The third-order valence-electron chi connectivity index (χ3n) is 3.07. The summed E-state index contributed by atoms with van der Waals surface area (Å²) in [6.07, 6.45) is -0.211. The van der Waals surface area contributed by atoms with Crippen molar-refractivity contribution in [3.8, 4) is 0 Å². The van der Waals surface area contributed by atoms with Crippen molar-refractivity contribution in [3.05, 3.63) is 59.7 Å². The van der Waals surface area contributed by atoms with E-state index in [0.29, 0.717) is 5.56 Å². The van der Waals surface area contributed by atoms with E-state index >= 15 is 0 Å². The predicted octanol–water partition coefficient (Wildman–Crippen LogP) is 1.88. The number of hydrogen-bond acceptors (Lipinski definition) is 4. The van der Waals surface area contributed by atoms with Crippen LogP contribution in [0.25, 0.3) is 0 Å². The summed E-state index contributed by atoms with van der Waals surface area (Å²) in [5.41, 5.74) is 2.80. The zero-order valence-corrected chi connectivity index (χ0v) is 12.2. The molecule has 0 heterocycles. The van der Waals surface area contributed by atoms with E-state index in [4.69, 9.17) is 5.21 Å². The van der Waals surface area contributed by atoms with Crippen molar-refractivity contribution in [2.45, 2.75) is 23.1 Å². The lowest BCUT2D eigenvalue weighted by molar-refractivity contribution is -0.128. The molecule has 2 aromatic rings. The Balaban J connectivity index is 2.50. The molecule has 0 atom stereocenters. The highest BCUT2D eigenvalue weighted by molar-refractivity contribution is 7.91. The highest BCUT2D eigenvalue weighted by Gasteiger charge is 2.21. The molecular weight excluding hydrogens is 290 g/mol. The van der Waals surface area contributed by atoms with E-state index in [1.807, 2.05) is 6.92 Å². The monoisotopic (exact) mass is 305 g/mol. The molecule has 2 rings (SSSR count). The fourth-order valence-corrected chi connectivity index (χ4v) is 3.46. The molecule has 5 nitrogen and oxygen atoms in total. The highest BCUT2D eigenvalue weighted by Crippen LogP contribution is 2.24. The maximum absolute atomic E-state index is 12.6. The largest absolute Gasteiger partial charge is 0.289 e. The second-order valence-corrected chi connectivity index (χ2v) is 6.55. The molecule has 110 valence electrons. The van der Waals surface area contributed by atoms with Crippen LogP contribution in [0.2, 0.25) is 0 Å². The molecule has 0 unspecified atom stereocenters. The normalized spacial score (nSPS) is 11.1. The number of benzene rings is 2. The molecule has 0 saturated heterocycles. The third-order valence-corrected chi connectivity index (χ3v) is 4.94. The second kappa shape index (κ2) is 6.07. The van der Waals surface area contributed by atoms with Gasteiger partial charge in [0, 0.05) is 0 Å². The number of rotatable bonds is 4. The minimum absolute atomic E-state index is 0.0671. The van der Waals surface area contributed by atoms with Crippen LogP contribution in [-0.2, 0) is 21.1 Å². The Morgan fingerprint density at radius 3 is 2.33 bits per heavy atom. The van der Waals surface area contributed by atoms with Crippen molar-refractivity contribution in [2.75, 3.05) is 0 Å². The molecule has 2 aromatic carbocycles. The molecule has 0 saturated carbocycles. The van der Waals surface area contributed by atoms with Crippen molar-refractivity contribution in [3.63, 3.8) is 0 Å². The van der Waals surface area contributed by atoms with Gasteiger partial charge in [-0.05, 0) is 30.7 Å². The molecule has 0 aromatic heterocycles. The molecule has 6 heteroatoms. The van der Waals surface area contributed by atoms with E-state index < -0.39 is 15.7 Å². The van der Waals surface area contributed by atoms with Gasteiger partial charge >= 0.3 is 0 Å². The van der Waals surface area contributed by atoms with E-state index in [-0.39, 0.29) is 16.2 Å². The topological polar surface area (TPSA) is 83.5 Å². The van der Waals surface area contributed by atoms with Crippen molar-refractivity contribution < 1.29 is 18.4 Å². The van der Waals surface area contributed by atoms with Crippen LogP contribution < -0.4 is 5.48 Å². The summed E-state index contributed by atoms with van der Waals surface area (Å²) < 4.78 is 25.3. The summed E-state index contributed by atoms with van der Waals surface area (Å²) in [6.45, 7) is 1.87. The molecule has 0 radical (unpaired) electrons. The zero-order chi connectivity index (χ0) is 15.5. The Kier molecular flexibility index (Phi) is 4.40. The summed E-state index contributed by atoms with van der Waals surface area (Å²) in [4.78, 5) is 11.5. The van der Waals surface area contributed by atoms with E-state index in [0.717, 1.165) is 5.56 Å². The molecular formula is C15H15NO4S. The lowest BCUT2D eigenvalue weighted by Gasteiger charge is -2.10. The number of carbonyl (C=O) groups is 1. The van der Waals surface area contributed by atoms with Crippen LogP contribution in [0.1, 0.15) is 11.1 Å². The fourth-order valence-electron chi connectivity index (χ4n) is 1.97. The molecule has 0 aliphatic heterocycles. The third kappa shape index (κ3) is 3.29. The highest BCUT2D eigenvalue weighted by atomic mass is 32.2. The van der Waals surface area contributed by atoms with Gasteiger partial charge in [-0.1, -0.05) is 35.9 Å². The number of amides is 1. The fraction of sp³-hybridized carbons (Fsp3) is 0.133. The molecule has 0 spiro atoms. The molecule has 21 heavy (non-hydrogen) atoms. The van der Waals surface area contributed by atoms with E-state index in [9.17, 15) is 13.2 Å². The maximum Gasteiger partial charge on any atom is 0.247 e. The molecule has 0 aliphatic carbocycles. The Morgan fingerprint density at radius 2 is 1.71 bits per heavy atom. The molecule has 0 fully saturated rings. The van der Waals surface area contributed by atoms with Gasteiger partial charge in [-0.15, -0.1) is 0 Å². The Labute approximate surface area is 123 Å². The molecule has 0 aliphatic rings. The summed E-state index contributed by atoms with van der Waals surface area (Å²) in [6, 6.07) is 12.8. The summed E-state index contributed by atoms with van der Waals surface area (Å²) in [7, 11) is -3.70. The van der Waals surface area contributed by atoms with Crippen molar-refractivity contribution in [1.82, 2.24) is 5.48 Å². The lowest BCUT2D eigenvalue weighted by atomic mass is 10.1. The van der Waals surface area contributed by atoms with E-state index in [2.05, 4.69) is 0 Å². The minimum Gasteiger partial charge on any atom is -0.289 e. The van der Waals surface area contributed by atoms with Crippen LogP contribution >= 0.6 is 0 Å². The summed E-state index contributed by atoms with van der Waals surface area (Å²) in [5, 5.41) is 8.59. The van der Waals surface area contributed by atoms with Crippen LogP contribution in [0.4, 0.5) is 0 Å². The number of carbonyl (C=O) groups excluding carboxylic acids is 1. The van der Waals surface area contributed by atoms with Crippen molar-refractivity contribution in [1.29, 1.82) is 0 Å². The van der Waals surface area contributed by atoms with Crippen LogP contribution in [0.15, 0.2) is 58.3 Å². The van der Waals surface area contributed by atoms with Gasteiger partial charge < -0.3 is 0 Å². The number of sulfone groups is 1. The van der Waals surface area contributed by atoms with Gasteiger partial charge in [0.25, 0.3) is 0 Å². The zero-order valence-electron chi connectivity index (χ0n) is 11.4. The summed E-state index contributed by atoms with van der Waals surface area (Å²) in [5.74, 6) is -0.665. The van der Waals surface area contributed by atoms with Gasteiger partial charge in [0.05, 0.1) is 16.2 Å². The second-order valence-electron chi connectivity index (χ2n) is 4.64. The Hall–Kier alpha value is -2.18. The van der Waals surface area contributed by atoms with Crippen LogP contribution in [-0.4, -0.2) is 19.5 Å². The van der Waals surface area contributed by atoms with Crippen molar-refractivity contribution >= 4 is 15.7 Å². The van der Waals surface area contributed by atoms with Gasteiger partial charge in [-0.3, -0.25) is 10.0 Å². The molecule has 0 bridgehead atoms. The minimum atomic E-state index is -3.70. The Morgan fingerprint density at radius 1 is 1.10 bits per heavy atom. The van der Waals surface area contributed by atoms with Gasteiger partial charge in [0.2, 0.25) is 15.7 Å². The smallest absolute Gasteiger partial charge is 0.247 e. The van der Waals surface area contributed by atoms with Crippen LogP contribution in [0.5, 0.6) is 0 Å². The first kappa shape index (κ1) is 15.2. The maximum atomic E-state index is 12.6. The summed E-state index contributed by atoms with van der Waals surface area (Å²) >= 11 is 0. The number of hydroxylamine groups is 1. The number of nitrogens with one attached hydrogen (secondary N) is 1. The first-order chi connectivity index (χ1) is 9.95. The van der Waals surface area contributed by atoms with E-state index in [1.54, 1.807) is 30.3 Å². The van der Waals surface area contributed by atoms with Gasteiger partial charge in [-0.2, -0.15) is 0 Å². The van der Waals surface area contributed by atoms with Crippen LogP contribution in [0, 0.1) is 6.92 Å². The molecule has 2 N–H and O–H groups in total. The van der Waals surface area contributed by atoms with E-state index in [1.165, 1.54) is 23.7 Å². The predicted molar refractivity (Wildman–Crippen MR) is 76.7 cm³/mol. The first-order valence-corrected chi connectivity index (χ1v) is 7.76. The first-order valence-electron chi connectivity index (χ1n) is 6.28. The number of hydrogen-bond donors (Lipinski definition) is 2. The van der Waals surface area contributed by atoms with Crippen molar-refractivity contribution in [2.24, 2.45) is 0 Å². The van der Waals surface area contributed by atoms with Gasteiger partial charge in [0.15, 0.2) is 0 Å².